The molecule has 0 aliphatic rings. The van der Waals surface area contributed by atoms with E-state index in [-0.39, 0.29) is 0 Å². The Morgan fingerprint density at radius 2 is 1.67 bits per heavy atom. The third-order valence-electron chi connectivity index (χ3n) is 1.94. The van der Waals surface area contributed by atoms with Crippen LogP contribution >= 0.6 is 0 Å². The number of hydrogen-bond acceptors (Lipinski definition) is 0. The van der Waals surface area contributed by atoms with E-state index in [1.807, 2.05) is 36.4 Å². The molecule has 0 nitrogen and oxygen atoms in total. The summed E-state index contributed by atoms with van der Waals surface area (Å²) in [6, 6.07) is 13.3. The Balaban J connectivity index is 2.79. The Hall–Kier alpha value is -1.37. The van der Waals surface area contributed by atoms with Gasteiger partial charge in [0, 0.05) is 0 Å². The minimum Gasteiger partial charge on any atom is -0.239 e. The maximum Gasteiger partial charge on any atom is 0.161 e. The van der Waals surface area contributed by atoms with Crippen molar-refractivity contribution in [1.29, 1.82) is 0 Å². The van der Waals surface area contributed by atoms with E-state index in [4.69, 9.17) is 0 Å². The molecular weight excluding hydrogens is 151 g/mol. The molecule has 0 N–H and O–H groups in total. The fourth-order valence-corrected chi connectivity index (χ4v) is 1.35. The summed E-state index contributed by atoms with van der Waals surface area (Å²) in [6.07, 6.45) is 0. The molecule has 0 aliphatic heterocycles. The molecule has 12 heavy (non-hydrogen) atoms. The average molecular weight is 159 g/mol. The second-order valence-corrected chi connectivity index (χ2v) is 2.68. The van der Waals surface area contributed by atoms with Gasteiger partial charge in [0.2, 0.25) is 0 Å². The second-order valence-electron chi connectivity index (χ2n) is 2.68. The summed E-state index contributed by atoms with van der Waals surface area (Å²) in [7, 11) is 0. The van der Waals surface area contributed by atoms with Crippen molar-refractivity contribution < 1.29 is 4.39 Å². The molecule has 2 rings (SSSR count). The zero-order valence-corrected chi connectivity index (χ0v) is 6.50. The van der Waals surface area contributed by atoms with Gasteiger partial charge in [-0.05, 0) is 16.3 Å². The molecule has 2 aromatic carbocycles. The number of benzene rings is 2. The lowest BCUT2D eigenvalue weighted by atomic mass is 10.1. The Morgan fingerprint density at radius 3 is 2.50 bits per heavy atom. The highest BCUT2D eigenvalue weighted by Gasteiger charge is 1.97. The van der Waals surface area contributed by atoms with Crippen LogP contribution in [-0.2, 0) is 0 Å². The molecule has 0 aliphatic carbocycles. The van der Waals surface area contributed by atoms with Crippen LogP contribution in [0.5, 0.6) is 0 Å². The molecule has 1 heteroatoms. The van der Waals surface area contributed by atoms with Gasteiger partial charge in [-0.25, -0.2) is 4.39 Å². The van der Waals surface area contributed by atoms with E-state index >= 15 is 0 Å². The highest BCUT2D eigenvalue weighted by atomic mass is 19.1. The van der Waals surface area contributed by atoms with E-state index in [1.54, 1.807) is 6.07 Å². The molecule has 0 aromatic heterocycles. The van der Waals surface area contributed by atoms with Crippen LogP contribution in [0.1, 0.15) is 5.56 Å². The lowest BCUT2D eigenvalue weighted by Crippen LogP contribution is -1.78. The highest BCUT2D eigenvalue weighted by Crippen LogP contribution is 2.19. The fourth-order valence-electron chi connectivity index (χ4n) is 1.35. The van der Waals surface area contributed by atoms with Crippen molar-refractivity contribution in [3.63, 3.8) is 0 Å². The van der Waals surface area contributed by atoms with Gasteiger partial charge in [0.05, 0.1) is 0 Å². The smallest absolute Gasteiger partial charge is 0.161 e. The highest BCUT2D eigenvalue weighted by molar-refractivity contribution is 5.86. The normalized spacial score (nSPS) is 10.4. The molecule has 59 valence electrons. The van der Waals surface area contributed by atoms with E-state index < -0.39 is 0 Å². The maximum absolute atomic E-state index is 12.3. The molecule has 0 fully saturated rings. The lowest BCUT2D eigenvalue weighted by Gasteiger charge is -2.00. The predicted molar refractivity (Wildman–Crippen MR) is 48.5 cm³/mol. The first-order valence-corrected chi connectivity index (χ1v) is 3.83. The fraction of sp³-hybridized carbons (Fsp3) is 0. The standard InChI is InChI=1S/C11H8F/c12-8-10-6-3-5-9-4-1-2-7-11(9)10/h1-8H. The molecule has 0 spiro atoms. The van der Waals surface area contributed by atoms with Crippen LogP contribution in [0.2, 0.25) is 0 Å². The SMILES string of the molecule is F[CH]c1cccc2ccccc12. The topological polar surface area (TPSA) is 0 Å². The lowest BCUT2D eigenvalue weighted by molar-refractivity contribution is 0.648. The van der Waals surface area contributed by atoms with Crippen molar-refractivity contribution in [2.24, 2.45) is 0 Å². The monoisotopic (exact) mass is 159 g/mol. The Morgan fingerprint density at radius 1 is 0.917 bits per heavy atom. The summed E-state index contributed by atoms with van der Waals surface area (Å²) in [6.45, 7) is 0.641. The number of hydrogen-bond donors (Lipinski definition) is 0. The zero-order valence-electron chi connectivity index (χ0n) is 6.50. The Labute approximate surface area is 70.6 Å². The van der Waals surface area contributed by atoms with Crippen LogP contribution < -0.4 is 0 Å². The van der Waals surface area contributed by atoms with Crippen molar-refractivity contribution >= 4 is 10.8 Å². The number of halogens is 1. The van der Waals surface area contributed by atoms with Gasteiger partial charge in [0.15, 0.2) is 6.67 Å². The van der Waals surface area contributed by atoms with Crippen molar-refractivity contribution in [1.82, 2.24) is 0 Å². The van der Waals surface area contributed by atoms with Crippen molar-refractivity contribution in [2.75, 3.05) is 0 Å². The molecule has 2 aromatic rings. The predicted octanol–water partition coefficient (Wildman–Crippen LogP) is 3.32. The summed E-state index contributed by atoms with van der Waals surface area (Å²) in [5, 5.41) is 2.03. The number of fused-ring (bicyclic) bond motifs is 1. The molecule has 0 bridgehead atoms. The van der Waals surface area contributed by atoms with E-state index in [2.05, 4.69) is 0 Å². The molecular formula is C11H8F. The Kier molecular flexibility index (Phi) is 1.78. The first-order valence-electron chi connectivity index (χ1n) is 3.83. The largest absolute Gasteiger partial charge is 0.239 e. The van der Waals surface area contributed by atoms with Crippen LogP contribution in [0.15, 0.2) is 42.5 Å². The van der Waals surface area contributed by atoms with Gasteiger partial charge in [-0.15, -0.1) is 0 Å². The first kappa shape index (κ1) is 7.29. The summed E-state index contributed by atoms with van der Waals surface area (Å²) in [5.41, 5.74) is 0.646. The summed E-state index contributed by atoms with van der Waals surface area (Å²) >= 11 is 0. The van der Waals surface area contributed by atoms with Crippen LogP contribution in [0.4, 0.5) is 4.39 Å². The van der Waals surface area contributed by atoms with Crippen LogP contribution in [0.25, 0.3) is 10.8 Å². The zero-order chi connectivity index (χ0) is 8.39. The first-order chi connectivity index (χ1) is 5.92. The quantitative estimate of drug-likeness (QED) is 0.598. The van der Waals surface area contributed by atoms with Gasteiger partial charge in [0.25, 0.3) is 0 Å². The average Bonchev–Trinajstić information content (AvgIpc) is 2.17. The molecule has 0 atom stereocenters. The van der Waals surface area contributed by atoms with E-state index in [9.17, 15) is 4.39 Å². The van der Waals surface area contributed by atoms with Crippen molar-refractivity contribution in [3.05, 3.63) is 54.7 Å². The molecule has 1 radical (unpaired) electrons. The van der Waals surface area contributed by atoms with Crippen LogP contribution in [0, 0.1) is 6.67 Å². The van der Waals surface area contributed by atoms with Gasteiger partial charge in [0.1, 0.15) is 0 Å². The van der Waals surface area contributed by atoms with Gasteiger partial charge < -0.3 is 0 Å². The summed E-state index contributed by atoms with van der Waals surface area (Å²) in [5.74, 6) is 0. The minimum atomic E-state index is 0.641. The van der Waals surface area contributed by atoms with Gasteiger partial charge in [-0.2, -0.15) is 0 Å². The van der Waals surface area contributed by atoms with Gasteiger partial charge in [-0.3, -0.25) is 0 Å². The van der Waals surface area contributed by atoms with Gasteiger partial charge >= 0.3 is 0 Å². The third-order valence-corrected chi connectivity index (χ3v) is 1.94. The van der Waals surface area contributed by atoms with E-state index in [1.165, 1.54) is 0 Å². The molecule has 0 amide bonds. The third kappa shape index (κ3) is 1.07. The second kappa shape index (κ2) is 2.94. The molecule has 0 saturated carbocycles. The minimum absolute atomic E-state index is 0.641. The number of rotatable bonds is 1. The Bertz CT molecular complexity index is 388. The van der Waals surface area contributed by atoms with Gasteiger partial charge in [-0.1, -0.05) is 42.5 Å². The maximum atomic E-state index is 12.3. The molecule has 0 saturated heterocycles. The molecule has 0 unspecified atom stereocenters. The van der Waals surface area contributed by atoms with Crippen molar-refractivity contribution in [2.45, 2.75) is 0 Å². The summed E-state index contributed by atoms with van der Waals surface area (Å²) in [4.78, 5) is 0. The van der Waals surface area contributed by atoms with E-state index in [0.29, 0.717) is 12.2 Å². The van der Waals surface area contributed by atoms with E-state index in [0.717, 1.165) is 10.8 Å². The van der Waals surface area contributed by atoms with Crippen LogP contribution in [0.3, 0.4) is 0 Å². The molecule has 0 heterocycles. The summed E-state index contributed by atoms with van der Waals surface area (Å²) < 4.78 is 12.3. The van der Waals surface area contributed by atoms with Crippen molar-refractivity contribution in [3.8, 4) is 0 Å². The van der Waals surface area contributed by atoms with Crippen LogP contribution in [-0.4, -0.2) is 0 Å².